The Kier molecular flexibility index (Phi) is 3.62. The van der Waals surface area contributed by atoms with Crippen LogP contribution in [0.1, 0.15) is 18.4 Å². The second-order valence-corrected chi connectivity index (χ2v) is 7.07. The number of halogens is 4. The van der Waals surface area contributed by atoms with Gasteiger partial charge in [-0.15, -0.1) is 8.78 Å². The molecule has 0 atom stereocenters. The first-order valence-electron chi connectivity index (χ1n) is 7.67. The molecule has 9 heteroatoms. The van der Waals surface area contributed by atoms with Crippen LogP contribution in [0.5, 0.6) is 11.5 Å². The zero-order valence-electron chi connectivity index (χ0n) is 13.1. The summed E-state index contributed by atoms with van der Waals surface area (Å²) in [6.45, 7) is 0. The van der Waals surface area contributed by atoms with Gasteiger partial charge in [-0.1, -0.05) is 6.07 Å². The molecule has 0 aromatic heterocycles. The van der Waals surface area contributed by atoms with E-state index >= 15 is 0 Å². The zero-order valence-corrected chi connectivity index (χ0v) is 14.7. The average Bonchev–Trinajstić information content (AvgIpc) is 3.30. The van der Waals surface area contributed by atoms with E-state index in [4.69, 9.17) is 5.73 Å². The molecule has 5 nitrogen and oxygen atoms in total. The molecular formula is C17H12BrF3N2O3. The van der Waals surface area contributed by atoms with Crippen molar-refractivity contribution in [2.75, 3.05) is 11.1 Å². The molecule has 1 saturated carbocycles. The van der Waals surface area contributed by atoms with Crippen LogP contribution >= 0.6 is 15.9 Å². The molecule has 26 heavy (non-hydrogen) atoms. The molecule has 0 unspecified atom stereocenters. The summed E-state index contributed by atoms with van der Waals surface area (Å²) in [5.74, 6) is -1.32. The SMILES string of the molecule is Nc1cc(F)c(NC(=O)C2(c3ccc4c(c3)OC(F)(F)O4)CC2)cc1Br. The van der Waals surface area contributed by atoms with Crippen molar-refractivity contribution in [3.8, 4) is 11.5 Å². The zero-order chi connectivity index (χ0) is 18.7. The molecule has 2 aromatic rings. The molecule has 0 saturated heterocycles. The molecule has 1 aliphatic carbocycles. The number of nitrogens with two attached hydrogens (primary N) is 1. The highest BCUT2D eigenvalue weighted by Gasteiger charge is 2.53. The number of ether oxygens (including phenoxy) is 2. The van der Waals surface area contributed by atoms with Crippen molar-refractivity contribution in [1.82, 2.24) is 0 Å². The summed E-state index contributed by atoms with van der Waals surface area (Å²) in [6, 6.07) is 6.70. The largest absolute Gasteiger partial charge is 0.586 e. The highest BCUT2D eigenvalue weighted by atomic mass is 79.9. The van der Waals surface area contributed by atoms with Crippen molar-refractivity contribution in [3.63, 3.8) is 0 Å². The van der Waals surface area contributed by atoms with E-state index < -0.39 is 23.4 Å². The number of fused-ring (bicyclic) bond motifs is 1. The fourth-order valence-electron chi connectivity index (χ4n) is 2.92. The van der Waals surface area contributed by atoms with Crippen molar-refractivity contribution >= 4 is 33.2 Å². The molecule has 1 heterocycles. The maximum absolute atomic E-state index is 14.0. The number of anilines is 2. The molecule has 136 valence electrons. The third kappa shape index (κ3) is 2.76. The van der Waals surface area contributed by atoms with Gasteiger partial charge in [-0.3, -0.25) is 4.79 Å². The average molecular weight is 429 g/mol. The molecule has 1 fully saturated rings. The van der Waals surface area contributed by atoms with E-state index in [1.165, 1.54) is 24.3 Å². The number of nitrogen functional groups attached to an aromatic ring is 1. The molecule has 3 N–H and O–H groups in total. The Balaban J connectivity index is 1.60. The summed E-state index contributed by atoms with van der Waals surface area (Å²) < 4.78 is 49.6. The minimum absolute atomic E-state index is 0.0189. The van der Waals surface area contributed by atoms with Gasteiger partial charge in [-0.25, -0.2) is 4.39 Å². The number of rotatable bonds is 3. The molecule has 1 amide bonds. The summed E-state index contributed by atoms with van der Waals surface area (Å²) in [7, 11) is 0. The Morgan fingerprint density at radius 2 is 1.85 bits per heavy atom. The predicted molar refractivity (Wildman–Crippen MR) is 90.7 cm³/mol. The van der Waals surface area contributed by atoms with Crippen molar-refractivity contribution < 1.29 is 27.4 Å². The first-order valence-corrected chi connectivity index (χ1v) is 8.46. The van der Waals surface area contributed by atoms with Crippen LogP contribution < -0.4 is 20.5 Å². The standard InChI is InChI=1S/C17H12BrF3N2O3/c18-9-6-12(10(19)7-11(9)22)23-15(24)16(3-4-16)8-1-2-13-14(5-8)26-17(20,21)25-13/h1-2,5-7H,3-4,22H2,(H,23,24). The molecule has 4 rings (SSSR count). The van der Waals surface area contributed by atoms with Crippen LogP contribution in [0.2, 0.25) is 0 Å². The fourth-order valence-corrected chi connectivity index (χ4v) is 3.26. The lowest BCUT2D eigenvalue weighted by molar-refractivity contribution is -0.286. The van der Waals surface area contributed by atoms with Crippen molar-refractivity contribution in [1.29, 1.82) is 0 Å². The van der Waals surface area contributed by atoms with Crippen LogP contribution in [0.3, 0.4) is 0 Å². The van der Waals surface area contributed by atoms with Gasteiger partial charge in [0.05, 0.1) is 11.1 Å². The number of hydrogen-bond acceptors (Lipinski definition) is 4. The highest BCUT2D eigenvalue weighted by molar-refractivity contribution is 9.10. The Morgan fingerprint density at radius 3 is 2.54 bits per heavy atom. The molecule has 0 spiro atoms. The van der Waals surface area contributed by atoms with Gasteiger partial charge in [0.2, 0.25) is 5.91 Å². The van der Waals surface area contributed by atoms with Crippen LogP contribution in [-0.4, -0.2) is 12.2 Å². The lowest BCUT2D eigenvalue weighted by atomic mass is 9.94. The molecule has 1 aliphatic heterocycles. The van der Waals surface area contributed by atoms with E-state index in [9.17, 15) is 18.0 Å². The summed E-state index contributed by atoms with van der Waals surface area (Å²) in [5.41, 5.74) is 5.37. The van der Waals surface area contributed by atoms with Crippen LogP contribution in [0.4, 0.5) is 24.5 Å². The second kappa shape index (κ2) is 5.54. The van der Waals surface area contributed by atoms with E-state index in [-0.39, 0.29) is 22.9 Å². The number of nitrogens with one attached hydrogen (secondary N) is 1. The lowest BCUT2D eigenvalue weighted by Gasteiger charge is -2.17. The van der Waals surface area contributed by atoms with E-state index in [0.29, 0.717) is 22.9 Å². The van der Waals surface area contributed by atoms with E-state index in [0.717, 1.165) is 6.07 Å². The minimum atomic E-state index is -3.72. The van der Waals surface area contributed by atoms with E-state index in [2.05, 4.69) is 30.7 Å². The van der Waals surface area contributed by atoms with Crippen LogP contribution in [0, 0.1) is 5.82 Å². The summed E-state index contributed by atoms with van der Waals surface area (Å²) in [5, 5.41) is 2.54. The molecule has 0 radical (unpaired) electrons. The van der Waals surface area contributed by atoms with Crippen molar-refractivity contribution in [2.45, 2.75) is 24.6 Å². The Morgan fingerprint density at radius 1 is 1.15 bits per heavy atom. The van der Waals surface area contributed by atoms with Gasteiger partial charge in [0.25, 0.3) is 0 Å². The van der Waals surface area contributed by atoms with Gasteiger partial charge in [0, 0.05) is 16.2 Å². The summed E-state index contributed by atoms with van der Waals surface area (Å²) >= 11 is 3.18. The minimum Gasteiger partial charge on any atom is -0.398 e. The fraction of sp³-hybridized carbons (Fsp3) is 0.235. The van der Waals surface area contributed by atoms with Crippen molar-refractivity contribution in [3.05, 3.63) is 46.2 Å². The maximum Gasteiger partial charge on any atom is 0.586 e. The van der Waals surface area contributed by atoms with Crippen LogP contribution in [-0.2, 0) is 10.2 Å². The molecule has 2 aliphatic rings. The lowest BCUT2D eigenvalue weighted by Crippen LogP contribution is -2.28. The molecular weight excluding hydrogens is 417 g/mol. The van der Waals surface area contributed by atoms with Crippen LogP contribution in [0.25, 0.3) is 0 Å². The first kappa shape index (κ1) is 17.0. The number of benzene rings is 2. The smallest absolute Gasteiger partial charge is 0.398 e. The second-order valence-electron chi connectivity index (χ2n) is 6.22. The Hall–Kier alpha value is -2.42. The Bertz CT molecular complexity index is 932. The molecule has 2 aromatic carbocycles. The number of carbonyl (C=O) groups is 1. The number of amides is 1. The van der Waals surface area contributed by atoms with Gasteiger partial charge < -0.3 is 20.5 Å². The summed E-state index contributed by atoms with van der Waals surface area (Å²) in [6.07, 6.45) is -2.71. The third-order valence-electron chi connectivity index (χ3n) is 4.47. The van der Waals surface area contributed by atoms with Gasteiger partial charge in [-0.2, -0.15) is 0 Å². The quantitative estimate of drug-likeness (QED) is 0.719. The Labute approximate surface area is 154 Å². The number of alkyl halides is 2. The van der Waals surface area contributed by atoms with Gasteiger partial charge in [-0.05, 0) is 52.5 Å². The van der Waals surface area contributed by atoms with E-state index in [1.807, 2.05) is 0 Å². The van der Waals surface area contributed by atoms with Gasteiger partial charge in [0.15, 0.2) is 11.5 Å². The number of carbonyl (C=O) groups excluding carboxylic acids is 1. The molecule has 0 bridgehead atoms. The van der Waals surface area contributed by atoms with E-state index in [1.54, 1.807) is 0 Å². The van der Waals surface area contributed by atoms with Crippen molar-refractivity contribution in [2.24, 2.45) is 0 Å². The van der Waals surface area contributed by atoms with Crippen LogP contribution in [0.15, 0.2) is 34.8 Å². The highest BCUT2D eigenvalue weighted by Crippen LogP contribution is 2.52. The van der Waals surface area contributed by atoms with Gasteiger partial charge >= 0.3 is 6.29 Å². The monoisotopic (exact) mass is 428 g/mol. The third-order valence-corrected chi connectivity index (χ3v) is 5.16. The predicted octanol–water partition coefficient (Wildman–Crippen LogP) is 4.16. The number of hydrogen-bond donors (Lipinski definition) is 2. The topological polar surface area (TPSA) is 73.6 Å². The normalized spacial score (nSPS) is 18.5. The van der Waals surface area contributed by atoms with Gasteiger partial charge in [0.1, 0.15) is 5.82 Å². The maximum atomic E-state index is 14.0. The first-order chi connectivity index (χ1) is 12.2. The summed E-state index contributed by atoms with van der Waals surface area (Å²) in [4.78, 5) is 12.7.